The van der Waals surface area contributed by atoms with Crippen LogP contribution in [-0.2, 0) is 5.54 Å². The highest BCUT2D eigenvalue weighted by molar-refractivity contribution is 9.11. The van der Waals surface area contributed by atoms with Crippen molar-refractivity contribution >= 4 is 43.5 Å². The summed E-state index contributed by atoms with van der Waals surface area (Å²) < 4.78 is 3.78. The summed E-state index contributed by atoms with van der Waals surface area (Å²) in [5.74, 6) is 0.362. The third-order valence-corrected chi connectivity index (χ3v) is 4.93. The second kappa shape index (κ2) is 6.06. The standard InChI is InChI=1S/C17H19Br2N3O/c1-17(2,3)22-15(10-4-5-10)9-14(21-22)16(23)20-13-7-6-11(18)8-12(13)19/h6-10H,4-5H2,1-3H3,(H,20,23). The van der Waals surface area contributed by atoms with Crippen LogP contribution in [-0.4, -0.2) is 15.7 Å². The Kier molecular flexibility index (Phi) is 4.40. The molecule has 1 saturated carbocycles. The molecule has 1 amide bonds. The summed E-state index contributed by atoms with van der Waals surface area (Å²) in [7, 11) is 0. The van der Waals surface area contributed by atoms with Crippen molar-refractivity contribution in [1.29, 1.82) is 0 Å². The van der Waals surface area contributed by atoms with Gasteiger partial charge in [0.2, 0.25) is 0 Å². The van der Waals surface area contributed by atoms with Crippen LogP contribution in [0.2, 0.25) is 0 Å². The summed E-state index contributed by atoms with van der Waals surface area (Å²) >= 11 is 6.87. The van der Waals surface area contributed by atoms with Gasteiger partial charge in [0, 0.05) is 20.6 Å². The quantitative estimate of drug-likeness (QED) is 0.704. The van der Waals surface area contributed by atoms with Crippen molar-refractivity contribution < 1.29 is 4.79 Å². The molecule has 23 heavy (non-hydrogen) atoms. The number of carbonyl (C=O) groups excluding carboxylic acids is 1. The molecule has 1 aromatic heterocycles. The molecular weight excluding hydrogens is 422 g/mol. The van der Waals surface area contributed by atoms with Crippen molar-refractivity contribution in [3.63, 3.8) is 0 Å². The van der Waals surface area contributed by atoms with Crippen LogP contribution in [0.25, 0.3) is 0 Å². The lowest BCUT2D eigenvalue weighted by atomic mass is 10.1. The van der Waals surface area contributed by atoms with E-state index in [1.54, 1.807) is 0 Å². The first-order valence-corrected chi connectivity index (χ1v) is 9.21. The molecule has 2 aromatic rings. The highest BCUT2D eigenvalue weighted by Crippen LogP contribution is 2.41. The van der Waals surface area contributed by atoms with Gasteiger partial charge in [0.15, 0.2) is 5.69 Å². The smallest absolute Gasteiger partial charge is 0.276 e. The van der Waals surface area contributed by atoms with E-state index >= 15 is 0 Å². The van der Waals surface area contributed by atoms with Gasteiger partial charge in [-0.2, -0.15) is 5.10 Å². The molecule has 0 bridgehead atoms. The van der Waals surface area contributed by atoms with E-state index in [4.69, 9.17) is 0 Å². The molecule has 0 atom stereocenters. The first-order chi connectivity index (χ1) is 10.8. The van der Waals surface area contributed by atoms with Gasteiger partial charge in [0.25, 0.3) is 5.91 Å². The maximum atomic E-state index is 12.6. The molecule has 0 radical (unpaired) electrons. The number of nitrogens with zero attached hydrogens (tertiary/aromatic N) is 2. The van der Waals surface area contributed by atoms with Gasteiger partial charge in [-0.15, -0.1) is 0 Å². The van der Waals surface area contributed by atoms with Crippen molar-refractivity contribution in [1.82, 2.24) is 9.78 Å². The Morgan fingerprint density at radius 2 is 1.96 bits per heavy atom. The van der Waals surface area contributed by atoms with E-state index in [1.807, 2.05) is 28.9 Å². The number of aromatic nitrogens is 2. The van der Waals surface area contributed by atoms with E-state index in [-0.39, 0.29) is 11.4 Å². The lowest BCUT2D eigenvalue weighted by Crippen LogP contribution is -2.25. The van der Waals surface area contributed by atoms with Gasteiger partial charge in [0.1, 0.15) is 0 Å². The summed E-state index contributed by atoms with van der Waals surface area (Å²) in [5.41, 5.74) is 2.24. The molecule has 0 spiro atoms. The minimum absolute atomic E-state index is 0.130. The fourth-order valence-corrected chi connectivity index (χ4v) is 3.64. The van der Waals surface area contributed by atoms with Crippen molar-refractivity contribution in [3.8, 4) is 0 Å². The van der Waals surface area contributed by atoms with Crippen molar-refractivity contribution in [2.45, 2.75) is 45.1 Å². The zero-order valence-electron chi connectivity index (χ0n) is 13.4. The molecule has 1 aliphatic rings. The Labute approximate surface area is 152 Å². The summed E-state index contributed by atoms with van der Waals surface area (Å²) in [6, 6.07) is 7.59. The van der Waals surface area contributed by atoms with Gasteiger partial charge in [0.05, 0.1) is 11.2 Å². The number of hydrogen-bond donors (Lipinski definition) is 1. The zero-order valence-corrected chi connectivity index (χ0v) is 16.5. The SMILES string of the molecule is CC(C)(C)n1nc(C(=O)Nc2ccc(Br)cc2Br)cc1C1CC1. The summed E-state index contributed by atoms with van der Waals surface area (Å²) in [6.07, 6.45) is 2.36. The highest BCUT2D eigenvalue weighted by Gasteiger charge is 2.32. The van der Waals surface area contributed by atoms with Crippen LogP contribution in [0.4, 0.5) is 5.69 Å². The number of rotatable bonds is 3. The first kappa shape index (κ1) is 16.7. The minimum atomic E-state index is -0.182. The van der Waals surface area contributed by atoms with Crippen LogP contribution in [0.3, 0.4) is 0 Å². The molecule has 0 saturated heterocycles. The Morgan fingerprint density at radius 3 is 2.52 bits per heavy atom. The third-order valence-electron chi connectivity index (χ3n) is 3.78. The minimum Gasteiger partial charge on any atom is -0.320 e. The summed E-state index contributed by atoms with van der Waals surface area (Å²) in [4.78, 5) is 12.6. The predicted octanol–water partition coefficient (Wildman–Crippen LogP) is 5.29. The van der Waals surface area contributed by atoms with Gasteiger partial charge < -0.3 is 5.32 Å². The van der Waals surface area contributed by atoms with Crippen LogP contribution in [0.5, 0.6) is 0 Å². The number of anilines is 1. The van der Waals surface area contributed by atoms with Gasteiger partial charge in [-0.1, -0.05) is 15.9 Å². The lowest BCUT2D eigenvalue weighted by molar-refractivity contribution is 0.102. The molecule has 0 aliphatic heterocycles. The van der Waals surface area contributed by atoms with E-state index in [9.17, 15) is 4.79 Å². The van der Waals surface area contributed by atoms with E-state index in [2.05, 4.69) is 63.0 Å². The molecule has 0 unspecified atom stereocenters. The Morgan fingerprint density at radius 1 is 1.26 bits per heavy atom. The molecule has 1 aromatic carbocycles. The number of amides is 1. The van der Waals surface area contributed by atoms with Crippen LogP contribution in [0.1, 0.15) is 55.7 Å². The van der Waals surface area contributed by atoms with Gasteiger partial charge in [-0.25, -0.2) is 0 Å². The molecule has 3 rings (SSSR count). The van der Waals surface area contributed by atoms with E-state index < -0.39 is 0 Å². The van der Waals surface area contributed by atoms with Crippen molar-refractivity contribution in [2.75, 3.05) is 5.32 Å². The number of carbonyl (C=O) groups is 1. The largest absolute Gasteiger partial charge is 0.320 e. The molecule has 6 heteroatoms. The molecule has 1 heterocycles. The molecule has 1 fully saturated rings. The number of benzene rings is 1. The van der Waals surface area contributed by atoms with Crippen LogP contribution in [0.15, 0.2) is 33.2 Å². The first-order valence-electron chi connectivity index (χ1n) is 7.62. The topological polar surface area (TPSA) is 46.9 Å². The van der Waals surface area contributed by atoms with Crippen LogP contribution < -0.4 is 5.32 Å². The summed E-state index contributed by atoms with van der Waals surface area (Å²) in [5, 5.41) is 7.49. The zero-order chi connectivity index (χ0) is 16.8. The van der Waals surface area contributed by atoms with Crippen molar-refractivity contribution in [3.05, 3.63) is 44.6 Å². The Balaban J connectivity index is 1.88. The van der Waals surface area contributed by atoms with E-state index in [0.717, 1.165) is 20.3 Å². The lowest BCUT2D eigenvalue weighted by Gasteiger charge is -2.22. The summed E-state index contributed by atoms with van der Waals surface area (Å²) in [6.45, 7) is 6.33. The molecule has 4 nitrogen and oxygen atoms in total. The van der Waals surface area contributed by atoms with Gasteiger partial charge in [-0.05, 0) is 73.8 Å². The van der Waals surface area contributed by atoms with Crippen LogP contribution >= 0.6 is 31.9 Å². The fraction of sp³-hybridized carbons (Fsp3) is 0.412. The Hall–Kier alpha value is -1.14. The number of hydrogen-bond acceptors (Lipinski definition) is 2. The average molecular weight is 441 g/mol. The van der Waals surface area contributed by atoms with Gasteiger partial charge >= 0.3 is 0 Å². The Bertz CT molecular complexity index is 758. The average Bonchev–Trinajstić information content (AvgIpc) is 3.18. The van der Waals surface area contributed by atoms with E-state index in [1.165, 1.54) is 12.8 Å². The second-order valence-corrected chi connectivity index (χ2v) is 8.66. The maximum absolute atomic E-state index is 12.6. The highest BCUT2D eigenvalue weighted by atomic mass is 79.9. The molecule has 122 valence electrons. The predicted molar refractivity (Wildman–Crippen MR) is 99.0 cm³/mol. The molecular formula is C17H19Br2N3O. The number of nitrogens with one attached hydrogen (secondary N) is 1. The van der Waals surface area contributed by atoms with Crippen LogP contribution in [0, 0.1) is 0 Å². The fourth-order valence-electron chi connectivity index (χ4n) is 2.49. The van der Waals surface area contributed by atoms with Crippen molar-refractivity contribution in [2.24, 2.45) is 0 Å². The maximum Gasteiger partial charge on any atom is 0.276 e. The monoisotopic (exact) mass is 439 g/mol. The molecule has 1 aliphatic carbocycles. The molecule has 1 N–H and O–H groups in total. The van der Waals surface area contributed by atoms with E-state index in [0.29, 0.717) is 11.6 Å². The normalized spacial score (nSPS) is 14.8. The number of halogens is 2. The second-order valence-electron chi connectivity index (χ2n) is 6.89. The third kappa shape index (κ3) is 3.69. The van der Waals surface area contributed by atoms with Gasteiger partial charge in [-0.3, -0.25) is 9.48 Å².